The van der Waals surface area contributed by atoms with Gasteiger partial charge in [-0.1, -0.05) is 29.8 Å². The number of hydrogen-bond acceptors (Lipinski definition) is 4. The van der Waals surface area contributed by atoms with Crippen LogP contribution >= 0.6 is 11.6 Å². The van der Waals surface area contributed by atoms with Gasteiger partial charge in [0, 0.05) is 23.8 Å². The third kappa shape index (κ3) is 5.56. The Morgan fingerprint density at radius 3 is 2.45 bits per heavy atom. The van der Waals surface area contributed by atoms with E-state index in [1.54, 1.807) is 24.3 Å². The summed E-state index contributed by atoms with van der Waals surface area (Å²) in [6, 6.07) is 14.9. The van der Waals surface area contributed by atoms with Crippen LogP contribution in [0.2, 0.25) is 5.02 Å². The van der Waals surface area contributed by atoms with Crippen molar-refractivity contribution in [3.8, 4) is 0 Å². The van der Waals surface area contributed by atoms with Crippen LogP contribution in [0, 0.1) is 5.92 Å². The Balaban J connectivity index is 1.56. The highest BCUT2D eigenvalue weighted by Crippen LogP contribution is 2.24. The zero-order valence-electron chi connectivity index (χ0n) is 15.7. The van der Waals surface area contributed by atoms with E-state index in [4.69, 9.17) is 11.6 Å². The third-order valence-electron chi connectivity index (χ3n) is 4.69. The average Bonchev–Trinajstić information content (AvgIpc) is 2.73. The molecule has 2 amide bonds. The summed E-state index contributed by atoms with van der Waals surface area (Å²) in [6.45, 7) is 0.258. The first-order valence-corrected chi connectivity index (χ1v) is 11.1. The van der Waals surface area contributed by atoms with Crippen molar-refractivity contribution in [3.05, 3.63) is 59.6 Å². The van der Waals surface area contributed by atoms with Crippen LogP contribution in [0.5, 0.6) is 0 Å². The second-order valence-corrected chi connectivity index (χ2v) is 9.16. The number of para-hydroxylation sites is 1. The van der Waals surface area contributed by atoms with Gasteiger partial charge in [0.2, 0.25) is 21.8 Å². The van der Waals surface area contributed by atoms with Crippen molar-refractivity contribution in [1.29, 1.82) is 0 Å². The van der Waals surface area contributed by atoms with Crippen LogP contribution in [0.4, 0.5) is 5.69 Å². The maximum absolute atomic E-state index is 12.8. The molecule has 3 rings (SSSR count). The Kier molecular flexibility index (Phi) is 6.89. The van der Waals surface area contributed by atoms with Crippen LogP contribution in [-0.4, -0.2) is 44.2 Å². The summed E-state index contributed by atoms with van der Waals surface area (Å²) >= 11 is 5.83. The molecule has 1 heterocycles. The molecule has 2 N–H and O–H groups in total. The number of rotatable bonds is 6. The van der Waals surface area contributed by atoms with E-state index >= 15 is 0 Å². The van der Waals surface area contributed by atoms with Crippen LogP contribution in [-0.2, 0) is 19.6 Å². The summed E-state index contributed by atoms with van der Waals surface area (Å²) in [7, 11) is -3.70. The molecule has 1 atom stereocenters. The molecule has 1 aliphatic rings. The summed E-state index contributed by atoms with van der Waals surface area (Å²) in [4.78, 5) is 24.6. The monoisotopic (exact) mass is 435 g/mol. The molecule has 2 aromatic carbocycles. The molecule has 9 heteroatoms. The van der Waals surface area contributed by atoms with Crippen LogP contribution < -0.4 is 10.6 Å². The minimum Gasteiger partial charge on any atom is -0.347 e. The van der Waals surface area contributed by atoms with E-state index in [2.05, 4.69) is 10.6 Å². The molecule has 0 unspecified atom stereocenters. The summed E-state index contributed by atoms with van der Waals surface area (Å²) < 4.78 is 27.0. The Morgan fingerprint density at radius 1 is 1.07 bits per heavy atom. The lowest BCUT2D eigenvalue weighted by Crippen LogP contribution is -2.46. The van der Waals surface area contributed by atoms with Gasteiger partial charge in [-0.05, 0) is 49.2 Å². The molecular weight excluding hydrogens is 414 g/mol. The average molecular weight is 436 g/mol. The van der Waals surface area contributed by atoms with Crippen LogP contribution in [0.15, 0.2) is 59.5 Å². The number of amides is 2. The molecule has 0 bridgehead atoms. The van der Waals surface area contributed by atoms with Crippen molar-refractivity contribution in [1.82, 2.24) is 9.62 Å². The summed E-state index contributed by atoms with van der Waals surface area (Å²) in [5.41, 5.74) is 0.643. The van der Waals surface area contributed by atoms with E-state index in [1.807, 2.05) is 6.07 Å². The second kappa shape index (κ2) is 9.39. The number of benzene rings is 2. The summed E-state index contributed by atoms with van der Waals surface area (Å²) in [6.07, 6.45) is 1.14. The quantitative estimate of drug-likeness (QED) is 0.728. The number of nitrogens with zero attached hydrogens (tertiary/aromatic N) is 1. The summed E-state index contributed by atoms with van der Waals surface area (Å²) in [5, 5.41) is 5.74. The lowest BCUT2D eigenvalue weighted by Gasteiger charge is -2.31. The first kappa shape index (κ1) is 21.3. The van der Waals surface area contributed by atoms with E-state index in [-0.39, 0.29) is 29.8 Å². The highest BCUT2D eigenvalue weighted by atomic mass is 35.5. The van der Waals surface area contributed by atoms with Crippen molar-refractivity contribution in [3.63, 3.8) is 0 Å². The van der Waals surface area contributed by atoms with Crippen molar-refractivity contribution >= 4 is 39.1 Å². The molecule has 7 nitrogen and oxygen atoms in total. The number of carbonyl (C=O) groups is 2. The van der Waals surface area contributed by atoms with E-state index in [9.17, 15) is 18.0 Å². The standard InChI is InChI=1S/C20H22ClN3O4S/c21-16-8-10-18(11-9-16)29(27,28)24-12-4-5-15(14-24)20(26)22-13-19(25)23-17-6-2-1-3-7-17/h1-3,6-11,15H,4-5,12-14H2,(H,22,26)(H,23,25)/t15-/m0/s1. The Morgan fingerprint density at radius 2 is 1.76 bits per heavy atom. The first-order chi connectivity index (χ1) is 13.9. The Bertz CT molecular complexity index is 965. The number of sulfonamides is 1. The van der Waals surface area contributed by atoms with E-state index < -0.39 is 15.9 Å². The lowest BCUT2D eigenvalue weighted by atomic mass is 9.99. The van der Waals surface area contributed by atoms with Gasteiger partial charge in [-0.3, -0.25) is 9.59 Å². The molecule has 0 saturated carbocycles. The van der Waals surface area contributed by atoms with E-state index in [0.717, 1.165) is 0 Å². The van der Waals surface area contributed by atoms with Gasteiger partial charge >= 0.3 is 0 Å². The zero-order valence-corrected chi connectivity index (χ0v) is 17.2. The Labute approximate surface area is 175 Å². The highest BCUT2D eigenvalue weighted by molar-refractivity contribution is 7.89. The molecule has 1 aliphatic heterocycles. The fourth-order valence-electron chi connectivity index (χ4n) is 3.17. The van der Waals surface area contributed by atoms with Gasteiger partial charge in [0.25, 0.3) is 0 Å². The number of hydrogen-bond donors (Lipinski definition) is 2. The number of nitrogens with one attached hydrogen (secondary N) is 2. The van der Waals surface area contributed by atoms with Crippen LogP contribution in [0.25, 0.3) is 0 Å². The fraction of sp³-hybridized carbons (Fsp3) is 0.300. The van der Waals surface area contributed by atoms with Gasteiger partial charge in [0.1, 0.15) is 0 Å². The zero-order chi connectivity index (χ0) is 20.9. The van der Waals surface area contributed by atoms with Gasteiger partial charge in [-0.15, -0.1) is 0 Å². The number of piperidine rings is 1. The van der Waals surface area contributed by atoms with Gasteiger partial charge in [0.15, 0.2) is 0 Å². The van der Waals surface area contributed by atoms with Crippen LogP contribution in [0.1, 0.15) is 12.8 Å². The minimum atomic E-state index is -3.70. The molecule has 1 fully saturated rings. The largest absolute Gasteiger partial charge is 0.347 e. The van der Waals surface area contributed by atoms with E-state index in [0.29, 0.717) is 30.1 Å². The van der Waals surface area contributed by atoms with Crippen molar-refractivity contribution in [2.45, 2.75) is 17.7 Å². The maximum atomic E-state index is 12.8. The molecule has 2 aromatic rings. The third-order valence-corrected chi connectivity index (χ3v) is 6.82. The SMILES string of the molecule is O=C(CNC(=O)[C@H]1CCCN(S(=O)(=O)c2ccc(Cl)cc2)C1)Nc1ccccc1. The topological polar surface area (TPSA) is 95.6 Å². The fourth-order valence-corrected chi connectivity index (χ4v) is 4.82. The van der Waals surface area contributed by atoms with Gasteiger partial charge in [-0.25, -0.2) is 8.42 Å². The molecule has 0 aromatic heterocycles. The predicted octanol–water partition coefficient (Wildman–Crippen LogP) is 2.50. The predicted molar refractivity (Wildman–Crippen MR) is 111 cm³/mol. The minimum absolute atomic E-state index is 0.0805. The smallest absolute Gasteiger partial charge is 0.243 e. The van der Waals surface area contributed by atoms with Crippen molar-refractivity contribution < 1.29 is 18.0 Å². The summed E-state index contributed by atoms with van der Waals surface area (Å²) in [5.74, 6) is -1.18. The van der Waals surface area contributed by atoms with Crippen molar-refractivity contribution in [2.24, 2.45) is 5.92 Å². The number of halogens is 1. The number of anilines is 1. The number of carbonyl (C=O) groups excluding carboxylic acids is 2. The maximum Gasteiger partial charge on any atom is 0.243 e. The van der Waals surface area contributed by atoms with Gasteiger partial charge < -0.3 is 10.6 Å². The molecule has 154 valence electrons. The van der Waals surface area contributed by atoms with Gasteiger partial charge in [0.05, 0.1) is 17.4 Å². The van der Waals surface area contributed by atoms with Crippen molar-refractivity contribution in [2.75, 3.05) is 25.0 Å². The molecule has 0 spiro atoms. The van der Waals surface area contributed by atoms with Gasteiger partial charge in [-0.2, -0.15) is 4.31 Å². The Hall–Kier alpha value is -2.42. The molecule has 29 heavy (non-hydrogen) atoms. The highest BCUT2D eigenvalue weighted by Gasteiger charge is 2.33. The molecule has 1 saturated heterocycles. The molecular formula is C20H22ClN3O4S. The molecule has 0 radical (unpaired) electrons. The van der Waals surface area contributed by atoms with E-state index in [1.165, 1.54) is 28.6 Å². The normalized spacial score (nSPS) is 17.5. The second-order valence-electron chi connectivity index (χ2n) is 6.79. The van der Waals surface area contributed by atoms with Crippen LogP contribution in [0.3, 0.4) is 0 Å². The lowest BCUT2D eigenvalue weighted by molar-refractivity contribution is -0.128. The molecule has 0 aliphatic carbocycles. The first-order valence-electron chi connectivity index (χ1n) is 9.24.